The summed E-state index contributed by atoms with van der Waals surface area (Å²) in [4.78, 5) is 19.3. The van der Waals surface area contributed by atoms with Gasteiger partial charge in [-0.05, 0) is 87.8 Å². The standard InChI is InChI=1S/C34H28N2O4/c1-24-20-31(14-15-33(24)40-23-34(37)38)39-19-16-32(27-10-6-25(7-11-27)29-4-2-17-35-21-29)28-12-8-26(9-13-28)30-5-3-18-36-22-30/h2-18,20-22H,19,23H2,1H3,(H,37,38). The summed E-state index contributed by atoms with van der Waals surface area (Å²) in [6.07, 6.45) is 9.33. The van der Waals surface area contributed by atoms with Gasteiger partial charge in [0.1, 0.15) is 18.1 Å². The Hall–Kier alpha value is -5.23. The van der Waals surface area contributed by atoms with Crippen LogP contribution in [0.2, 0.25) is 0 Å². The van der Waals surface area contributed by atoms with Crippen molar-refractivity contribution in [2.24, 2.45) is 0 Å². The van der Waals surface area contributed by atoms with Gasteiger partial charge in [0, 0.05) is 24.8 Å². The van der Waals surface area contributed by atoms with Crippen LogP contribution < -0.4 is 9.47 Å². The number of aryl methyl sites for hydroxylation is 1. The molecule has 0 amide bonds. The molecule has 2 aromatic heterocycles. The van der Waals surface area contributed by atoms with E-state index < -0.39 is 5.97 Å². The Morgan fingerprint density at radius 3 is 1.80 bits per heavy atom. The van der Waals surface area contributed by atoms with E-state index in [0.717, 1.165) is 44.5 Å². The molecule has 0 bridgehead atoms. The molecular formula is C34H28N2O4. The number of carbonyl (C=O) groups is 1. The van der Waals surface area contributed by atoms with Gasteiger partial charge in [0.15, 0.2) is 6.61 Å². The fraction of sp³-hybridized carbons (Fsp3) is 0.0882. The van der Waals surface area contributed by atoms with Crippen molar-refractivity contribution in [2.45, 2.75) is 6.92 Å². The maximum Gasteiger partial charge on any atom is 0.341 e. The smallest absolute Gasteiger partial charge is 0.341 e. The van der Waals surface area contributed by atoms with Crippen molar-refractivity contribution in [3.05, 3.63) is 139 Å². The topological polar surface area (TPSA) is 81.5 Å². The van der Waals surface area contributed by atoms with Gasteiger partial charge in [-0.1, -0.05) is 60.7 Å². The quantitative estimate of drug-likeness (QED) is 0.208. The summed E-state index contributed by atoms with van der Waals surface area (Å²) in [5, 5.41) is 8.86. The Morgan fingerprint density at radius 2 is 1.32 bits per heavy atom. The number of pyridine rings is 2. The summed E-state index contributed by atoms with van der Waals surface area (Å²) < 4.78 is 11.4. The third-order valence-corrected chi connectivity index (χ3v) is 6.42. The van der Waals surface area contributed by atoms with E-state index in [1.54, 1.807) is 24.5 Å². The van der Waals surface area contributed by atoms with Gasteiger partial charge in [0.2, 0.25) is 0 Å². The largest absolute Gasteiger partial charge is 0.489 e. The summed E-state index contributed by atoms with van der Waals surface area (Å²) in [5.74, 6) is 0.183. The van der Waals surface area contributed by atoms with E-state index in [1.165, 1.54) is 0 Å². The van der Waals surface area contributed by atoms with Gasteiger partial charge in [-0.3, -0.25) is 9.97 Å². The first kappa shape index (κ1) is 26.4. The van der Waals surface area contributed by atoms with Gasteiger partial charge < -0.3 is 14.6 Å². The summed E-state index contributed by atoms with van der Waals surface area (Å²) >= 11 is 0. The Labute approximate surface area is 233 Å². The Morgan fingerprint density at radius 1 is 0.750 bits per heavy atom. The second-order valence-electron chi connectivity index (χ2n) is 9.18. The van der Waals surface area contributed by atoms with Crippen molar-refractivity contribution in [3.8, 4) is 33.8 Å². The second-order valence-corrected chi connectivity index (χ2v) is 9.18. The van der Waals surface area contributed by atoms with Crippen molar-refractivity contribution >= 4 is 11.5 Å². The lowest BCUT2D eigenvalue weighted by Crippen LogP contribution is -2.10. The molecule has 5 rings (SSSR count). The highest BCUT2D eigenvalue weighted by Crippen LogP contribution is 2.29. The van der Waals surface area contributed by atoms with Crippen molar-refractivity contribution in [1.82, 2.24) is 9.97 Å². The van der Waals surface area contributed by atoms with Gasteiger partial charge in [0.05, 0.1) is 0 Å². The molecule has 0 fully saturated rings. The molecule has 0 aliphatic heterocycles. The third kappa shape index (κ3) is 6.60. The number of hydrogen-bond donors (Lipinski definition) is 1. The van der Waals surface area contributed by atoms with Crippen molar-refractivity contribution in [3.63, 3.8) is 0 Å². The molecule has 1 N–H and O–H groups in total. The summed E-state index contributed by atoms with van der Waals surface area (Å²) in [6.45, 7) is 1.82. The van der Waals surface area contributed by atoms with Crippen LogP contribution in [-0.2, 0) is 4.79 Å². The first-order chi connectivity index (χ1) is 19.6. The number of carboxylic acids is 1. The van der Waals surface area contributed by atoms with Crippen LogP contribution in [0.1, 0.15) is 16.7 Å². The van der Waals surface area contributed by atoms with E-state index in [-0.39, 0.29) is 6.61 Å². The number of ether oxygens (including phenoxy) is 2. The minimum Gasteiger partial charge on any atom is -0.489 e. The molecule has 0 saturated carbocycles. The van der Waals surface area contributed by atoms with Gasteiger partial charge >= 0.3 is 5.97 Å². The maximum atomic E-state index is 10.8. The lowest BCUT2D eigenvalue weighted by Gasteiger charge is -2.13. The molecule has 6 heteroatoms. The lowest BCUT2D eigenvalue weighted by molar-refractivity contribution is -0.139. The maximum absolute atomic E-state index is 10.8. The van der Waals surface area contributed by atoms with Crippen LogP contribution >= 0.6 is 0 Å². The van der Waals surface area contributed by atoms with Crippen molar-refractivity contribution < 1.29 is 19.4 Å². The Bertz CT molecular complexity index is 1510. The first-order valence-corrected chi connectivity index (χ1v) is 12.9. The first-order valence-electron chi connectivity index (χ1n) is 12.9. The van der Waals surface area contributed by atoms with Crippen LogP contribution in [-0.4, -0.2) is 34.3 Å². The molecule has 0 spiro atoms. The van der Waals surface area contributed by atoms with Crippen molar-refractivity contribution in [1.29, 1.82) is 0 Å². The highest BCUT2D eigenvalue weighted by molar-refractivity contribution is 5.82. The van der Waals surface area contributed by atoms with Crippen LogP contribution in [0.4, 0.5) is 0 Å². The molecule has 0 radical (unpaired) electrons. The normalized spacial score (nSPS) is 10.5. The number of aliphatic carboxylic acids is 1. The van der Waals surface area contributed by atoms with Crippen LogP contribution in [0.5, 0.6) is 11.5 Å². The molecule has 0 atom stereocenters. The highest BCUT2D eigenvalue weighted by atomic mass is 16.5. The molecule has 6 nitrogen and oxygen atoms in total. The van der Waals surface area contributed by atoms with Crippen LogP contribution in [0, 0.1) is 6.92 Å². The van der Waals surface area contributed by atoms with Crippen LogP contribution in [0.25, 0.3) is 27.8 Å². The Kier molecular flexibility index (Phi) is 8.27. The van der Waals surface area contributed by atoms with Crippen molar-refractivity contribution in [2.75, 3.05) is 13.2 Å². The molecular weight excluding hydrogens is 500 g/mol. The molecule has 2 heterocycles. The van der Waals surface area contributed by atoms with E-state index in [0.29, 0.717) is 18.1 Å². The fourth-order valence-electron chi connectivity index (χ4n) is 4.39. The predicted octanol–water partition coefficient (Wildman–Crippen LogP) is 7.09. The highest BCUT2D eigenvalue weighted by Gasteiger charge is 2.09. The zero-order valence-corrected chi connectivity index (χ0v) is 22.0. The SMILES string of the molecule is Cc1cc(OCC=C(c2ccc(-c3cccnc3)cc2)c2ccc(-c3cccnc3)cc2)ccc1OCC(=O)O. The average molecular weight is 529 g/mol. The zero-order valence-electron chi connectivity index (χ0n) is 22.0. The third-order valence-electron chi connectivity index (χ3n) is 6.42. The molecule has 5 aromatic rings. The summed E-state index contributed by atoms with van der Waals surface area (Å²) in [7, 11) is 0. The second kappa shape index (κ2) is 12.5. The predicted molar refractivity (Wildman–Crippen MR) is 156 cm³/mol. The lowest BCUT2D eigenvalue weighted by atomic mass is 9.94. The molecule has 40 heavy (non-hydrogen) atoms. The van der Waals surface area contributed by atoms with E-state index in [9.17, 15) is 4.79 Å². The molecule has 0 aliphatic rings. The molecule has 0 aliphatic carbocycles. The van der Waals surface area contributed by atoms with Crippen LogP contribution in [0.3, 0.4) is 0 Å². The molecule has 198 valence electrons. The summed E-state index contributed by atoms with van der Waals surface area (Å²) in [5.41, 5.74) is 8.32. The summed E-state index contributed by atoms with van der Waals surface area (Å²) in [6, 6.07) is 30.2. The number of nitrogens with zero attached hydrogens (tertiary/aromatic N) is 2. The minimum atomic E-state index is -1.01. The van der Waals surface area contributed by atoms with Gasteiger partial charge in [-0.15, -0.1) is 0 Å². The zero-order chi connectivity index (χ0) is 27.7. The Balaban J connectivity index is 1.40. The number of benzene rings is 3. The van der Waals surface area contributed by atoms with E-state index in [1.807, 2.05) is 49.6 Å². The van der Waals surface area contributed by atoms with Crippen LogP contribution in [0.15, 0.2) is 122 Å². The molecule has 3 aromatic carbocycles. The fourth-order valence-corrected chi connectivity index (χ4v) is 4.39. The number of carboxylic acid groups (broad SMARTS) is 1. The average Bonchev–Trinajstić information content (AvgIpc) is 3.00. The van der Waals surface area contributed by atoms with E-state index in [4.69, 9.17) is 14.6 Å². The molecule has 0 saturated heterocycles. The number of rotatable bonds is 10. The van der Waals surface area contributed by atoms with E-state index in [2.05, 4.69) is 64.6 Å². The number of hydrogen-bond acceptors (Lipinski definition) is 5. The van der Waals surface area contributed by atoms with Gasteiger partial charge in [-0.2, -0.15) is 0 Å². The molecule has 0 unspecified atom stereocenters. The van der Waals surface area contributed by atoms with Gasteiger partial charge in [-0.25, -0.2) is 4.79 Å². The number of aromatic nitrogens is 2. The monoisotopic (exact) mass is 528 g/mol. The van der Waals surface area contributed by atoms with Gasteiger partial charge in [0.25, 0.3) is 0 Å². The van der Waals surface area contributed by atoms with E-state index >= 15 is 0 Å². The minimum absolute atomic E-state index is 0.346.